The minimum Gasteiger partial charge on any atom is -0.370 e. The van der Waals surface area contributed by atoms with Gasteiger partial charge in [0.25, 0.3) is 0 Å². The minimum absolute atomic E-state index is 0.188. The van der Waals surface area contributed by atoms with Gasteiger partial charge in [-0.25, -0.2) is 9.97 Å². The highest BCUT2D eigenvalue weighted by Crippen LogP contribution is 2.25. The highest BCUT2D eigenvalue weighted by atomic mass is 16.1. The Morgan fingerprint density at radius 2 is 2.03 bits per heavy atom. The molecule has 1 unspecified atom stereocenters. The lowest BCUT2D eigenvalue weighted by atomic mass is 9.93. The molecule has 8 heteroatoms. The van der Waals surface area contributed by atoms with Gasteiger partial charge in [0.2, 0.25) is 5.91 Å². The van der Waals surface area contributed by atoms with Gasteiger partial charge in [-0.05, 0) is 39.2 Å². The summed E-state index contributed by atoms with van der Waals surface area (Å²) in [4.78, 5) is 28.1. The summed E-state index contributed by atoms with van der Waals surface area (Å²) in [6.07, 6.45) is 5.53. The number of amides is 1. The Morgan fingerprint density at radius 1 is 1.21 bits per heavy atom. The van der Waals surface area contributed by atoms with Gasteiger partial charge in [-0.3, -0.25) is 9.69 Å². The fraction of sp³-hybridized carbons (Fsp3) is 0.762. The second-order valence-electron chi connectivity index (χ2n) is 8.28. The maximum absolute atomic E-state index is 12.3. The first kappa shape index (κ1) is 21.8. The van der Waals surface area contributed by atoms with Gasteiger partial charge < -0.3 is 20.4 Å². The topological polar surface area (TPSA) is 76.6 Å². The number of piperidine rings is 1. The molecule has 0 aliphatic carbocycles. The molecule has 8 nitrogen and oxygen atoms in total. The molecule has 1 aromatic rings. The molecule has 2 fully saturated rings. The van der Waals surface area contributed by atoms with Crippen LogP contribution in [0.3, 0.4) is 0 Å². The Bertz CT molecular complexity index is 633. The third-order valence-corrected chi connectivity index (χ3v) is 5.98. The standard InChI is InChI=1S/C21H37N7O/c1-3-22-19-15-20(25-17-24-19)28-9-4-5-18(16-28)6-7-21(29)23-8-10-27-13-11-26(2)12-14-27/h15,17-18H,3-14,16H2,1-2H3,(H,23,29)(H,22,24,25). The average molecular weight is 404 g/mol. The molecule has 2 aliphatic heterocycles. The van der Waals surface area contributed by atoms with E-state index in [2.05, 4.69) is 49.3 Å². The number of nitrogens with one attached hydrogen (secondary N) is 2. The lowest BCUT2D eigenvalue weighted by molar-refractivity contribution is -0.121. The number of hydrogen-bond donors (Lipinski definition) is 2. The Morgan fingerprint density at radius 3 is 2.83 bits per heavy atom. The molecule has 3 rings (SSSR count). The van der Waals surface area contributed by atoms with Crippen LogP contribution < -0.4 is 15.5 Å². The van der Waals surface area contributed by atoms with Crippen LogP contribution >= 0.6 is 0 Å². The zero-order valence-corrected chi connectivity index (χ0v) is 18.1. The van der Waals surface area contributed by atoms with Crippen molar-refractivity contribution in [1.82, 2.24) is 25.1 Å². The molecule has 0 radical (unpaired) electrons. The van der Waals surface area contributed by atoms with Gasteiger partial charge in [0, 0.05) is 71.4 Å². The van der Waals surface area contributed by atoms with E-state index < -0.39 is 0 Å². The summed E-state index contributed by atoms with van der Waals surface area (Å²) in [5.74, 6) is 2.59. The van der Waals surface area contributed by atoms with Crippen LogP contribution in [0.4, 0.5) is 11.6 Å². The predicted octanol–water partition coefficient (Wildman–Crippen LogP) is 1.27. The van der Waals surface area contributed by atoms with Gasteiger partial charge in [0.05, 0.1) is 0 Å². The Kier molecular flexibility index (Phi) is 8.49. The van der Waals surface area contributed by atoms with Crippen LogP contribution in [0.1, 0.15) is 32.6 Å². The second kappa shape index (κ2) is 11.3. The predicted molar refractivity (Wildman–Crippen MR) is 117 cm³/mol. The van der Waals surface area contributed by atoms with Gasteiger partial charge in [-0.1, -0.05) is 0 Å². The van der Waals surface area contributed by atoms with Crippen molar-refractivity contribution in [2.24, 2.45) is 5.92 Å². The van der Waals surface area contributed by atoms with Gasteiger partial charge in [0.15, 0.2) is 0 Å². The lowest BCUT2D eigenvalue weighted by Crippen LogP contribution is -2.46. The summed E-state index contributed by atoms with van der Waals surface area (Å²) < 4.78 is 0. The third kappa shape index (κ3) is 7.12. The Hall–Kier alpha value is -1.93. The van der Waals surface area contributed by atoms with E-state index in [1.165, 1.54) is 6.42 Å². The fourth-order valence-corrected chi connectivity index (χ4v) is 4.16. The van der Waals surface area contributed by atoms with E-state index in [0.29, 0.717) is 12.3 Å². The molecule has 0 saturated carbocycles. The van der Waals surface area contributed by atoms with E-state index in [9.17, 15) is 4.79 Å². The molecule has 2 aliphatic rings. The van der Waals surface area contributed by atoms with Crippen LogP contribution in [0.25, 0.3) is 0 Å². The summed E-state index contributed by atoms with van der Waals surface area (Å²) in [7, 11) is 2.16. The molecule has 29 heavy (non-hydrogen) atoms. The highest BCUT2D eigenvalue weighted by molar-refractivity contribution is 5.75. The molecule has 162 valence electrons. The summed E-state index contributed by atoms with van der Waals surface area (Å²) in [6.45, 7) is 11.1. The zero-order valence-electron chi connectivity index (χ0n) is 18.1. The van der Waals surface area contributed by atoms with E-state index in [1.54, 1.807) is 6.33 Å². The van der Waals surface area contributed by atoms with Gasteiger partial charge in [-0.15, -0.1) is 0 Å². The molecule has 1 aromatic heterocycles. The number of nitrogens with zero attached hydrogens (tertiary/aromatic N) is 5. The second-order valence-corrected chi connectivity index (χ2v) is 8.28. The minimum atomic E-state index is 0.188. The normalized spacial score (nSPS) is 21.2. The van der Waals surface area contributed by atoms with Crippen LogP contribution in [0.2, 0.25) is 0 Å². The lowest BCUT2D eigenvalue weighted by Gasteiger charge is -2.33. The molecular formula is C21H37N7O. The number of carbonyl (C=O) groups excluding carboxylic acids is 1. The first-order valence-electron chi connectivity index (χ1n) is 11.1. The fourth-order valence-electron chi connectivity index (χ4n) is 4.16. The SMILES string of the molecule is CCNc1cc(N2CCCC(CCC(=O)NCCN3CCN(C)CC3)C2)ncn1. The number of likely N-dealkylation sites (N-methyl/N-ethyl adjacent to an activating group) is 1. The molecule has 1 atom stereocenters. The summed E-state index contributed by atoms with van der Waals surface area (Å²) in [6, 6.07) is 2.02. The van der Waals surface area contributed by atoms with E-state index in [4.69, 9.17) is 0 Å². The smallest absolute Gasteiger partial charge is 0.220 e. The molecule has 0 spiro atoms. The maximum Gasteiger partial charge on any atom is 0.220 e. The first-order chi connectivity index (χ1) is 14.1. The number of piperazine rings is 1. The van der Waals surface area contributed by atoms with Crippen LogP contribution in [0.5, 0.6) is 0 Å². The zero-order chi connectivity index (χ0) is 20.5. The van der Waals surface area contributed by atoms with Crippen molar-refractivity contribution in [1.29, 1.82) is 0 Å². The maximum atomic E-state index is 12.3. The van der Waals surface area contributed by atoms with Crippen molar-refractivity contribution >= 4 is 17.5 Å². The summed E-state index contributed by atoms with van der Waals surface area (Å²) in [5.41, 5.74) is 0. The first-order valence-corrected chi connectivity index (χ1v) is 11.1. The van der Waals surface area contributed by atoms with Crippen molar-refractivity contribution in [3.8, 4) is 0 Å². The van der Waals surface area contributed by atoms with Crippen molar-refractivity contribution in [3.63, 3.8) is 0 Å². The van der Waals surface area contributed by atoms with Gasteiger partial charge in [-0.2, -0.15) is 0 Å². The van der Waals surface area contributed by atoms with Crippen molar-refractivity contribution in [2.75, 3.05) is 76.2 Å². The van der Waals surface area contributed by atoms with E-state index in [0.717, 1.165) is 83.4 Å². The summed E-state index contributed by atoms with van der Waals surface area (Å²) in [5, 5.41) is 6.36. The van der Waals surface area contributed by atoms with Crippen LogP contribution in [-0.2, 0) is 4.79 Å². The van der Waals surface area contributed by atoms with Crippen molar-refractivity contribution in [3.05, 3.63) is 12.4 Å². The number of anilines is 2. The monoisotopic (exact) mass is 403 g/mol. The molecule has 2 N–H and O–H groups in total. The molecule has 0 aromatic carbocycles. The van der Waals surface area contributed by atoms with Crippen molar-refractivity contribution in [2.45, 2.75) is 32.6 Å². The Labute approximate surface area is 175 Å². The molecule has 3 heterocycles. The molecule has 2 saturated heterocycles. The number of hydrogen-bond acceptors (Lipinski definition) is 7. The summed E-state index contributed by atoms with van der Waals surface area (Å²) >= 11 is 0. The number of aromatic nitrogens is 2. The third-order valence-electron chi connectivity index (χ3n) is 5.98. The molecular weight excluding hydrogens is 366 g/mol. The highest BCUT2D eigenvalue weighted by Gasteiger charge is 2.22. The molecule has 0 bridgehead atoms. The van der Waals surface area contributed by atoms with E-state index in [1.807, 2.05) is 6.07 Å². The van der Waals surface area contributed by atoms with Gasteiger partial charge in [0.1, 0.15) is 18.0 Å². The van der Waals surface area contributed by atoms with Gasteiger partial charge >= 0.3 is 0 Å². The number of carbonyl (C=O) groups is 1. The van der Waals surface area contributed by atoms with E-state index >= 15 is 0 Å². The van der Waals surface area contributed by atoms with E-state index in [-0.39, 0.29) is 5.91 Å². The largest absolute Gasteiger partial charge is 0.370 e. The quantitative estimate of drug-likeness (QED) is 0.643. The average Bonchev–Trinajstić information content (AvgIpc) is 2.74. The number of rotatable bonds is 9. The van der Waals surface area contributed by atoms with Crippen molar-refractivity contribution < 1.29 is 4.79 Å². The molecule has 1 amide bonds. The van der Waals surface area contributed by atoms with Crippen LogP contribution in [-0.4, -0.2) is 91.6 Å². The van der Waals surface area contributed by atoms with Crippen LogP contribution in [0.15, 0.2) is 12.4 Å². The Balaban J connectivity index is 1.36. The van der Waals surface area contributed by atoms with Crippen LogP contribution in [0, 0.1) is 5.92 Å².